The lowest BCUT2D eigenvalue weighted by Crippen LogP contribution is -2.58. The summed E-state index contributed by atoms with van der Waals surface area (Å²) in [4.78, 5) is 21.9. The first-order valence-corrected chi connectivity index (χ1v) is 10.0. The standard InChI is InChI=1S/C21H28N4O2/c1-14-9-15(2)23-19(18(14)11-22)24-7-5-21(6-8-24)10-17(26)13-25(20(21)27)12-16-3-4-16/h9,16-17,26H,3-8,10,12-13H2,1-2H3. The topological polar surface area (TPSA) is 80.5 Å². The van der Waals surface area contributed by atoms with E-state index in [4.69, 9.17) is 0 Å². The minimum Gasteiger partial charge on any atom is -0.391 e. The Balaban J connectivity index is 1.53. The van der Waals surface area contributed by atoms with Gasteiger partial charge in [-0.2, -0.15) is 5.26 Å². The Morgan fingerprint density at radius 1 is 1.33 bits per heavy atom. The van der Waals surface area contributed by atoms with Crippen molar-refractivity contribution in [3.05, 3.63) is 22.9 Å². The maximum Gasteiger partial charge on any atom is 0.229 e. The predicted molar refractivity (Wildman–Crippen MR) is 102 cm³/mol. The van der Waals surface area contributed by atoms with E-state index in [1.54, 1.807) is 0 Å². The Morgan fingerprint density at radius 3 is 2.67 bits per heavy atom. The molecule has 1 unspecified atom stereocenters. The van der Waals surface area contributed by atoms with Gasteiger partial charge in [-0.3, -0.25) is 4.79 Å². The van der Waals surface area contributed by atoms with Crippen LogP contribution in [-0.4, -0.2) is 53.2 Å². The zero-order chi connectivity index (χ0) is 19.2. The predicted octanol–water partition coefficient (Wildman–Crippen LogP) is 2.16. The molecule has 6 nitrogen and oxygen atoms in total. The largest absolute Gasteiger partial charge is 0.391 e. The SMILES string of the molecule is Cc1cc(C)c(C#N)c(N2CCC3(CC2)CC(O)CN(CC2CC2)C3=O)n1. The van der Waals surface area contributed by atoms with E-state index in [9.17, 15) is 15.2 Å². The molecule has 3 heterocycles. The van der Waals surface area contributed by atoms with E-state index in [1.165, 1.54) is 12.8 Å². The zero-order valence-corrected chi connectivity index (χ0v) is 16.2. The second kappa shape index (κ2) is 6.79. The molecule has 1 N–H and O–H groups in total. The van der Waals surface area contributed by atoms with Crippen molar-refractivity contribution in [2.24, 2.45) is 11.3 Å². The highest BCUT2D eigenvalue weighted by atomic mass is 16.3. The number of aliphatic hydroxyl groups is 1. The number of β-amino-alcohol motifs (C(OH)–C–C–N with tert-alkyl or cyclic N) is 1. The van der Waals surface area contributed by atoms with Crippen molar-refractivity contribution >= 4 is 11.7 Å². The third-order valence-corrected chi connectivity index (χ3v) is 6.43. The Bertz CT molecular complexity index is 786. The molecule has 3 fully saturated rings. The number of hydrogen-bond acceptors (Lipinski definition) is 5. The fraction of sp³-hybridized carbons (Fsp3) is 0.667. The van der Waals surface area contributed by atoms with Crippen molar-refractivity contribution in [2.75, 3.05) is 31.1 Å². The van der Waals surface area contributed by atoms with Crippen LogP contribution in [0.2, 0.25) is 0 Å². The molecule has 0 radical (unpaired) electrons. The van der Waals surface area contributed by atoms with E-state index < -0.39 is 11.5 Å². The number of carbonyl (C=O) groups excluding carboxylic acids is 1. The van der Waals surface area contributed by atoms with E-state index in [0.29, 0.717) is 50.4 Å². The van der Waals surface area contributed by atoms with Crippen molar-refractivity contribution in [3.8, 4) is 6.07 Å². The van der Waals surface area contributed by atoms with Crippen molar-refractivity contribution in [1.29, 1.82) is 5.26 Å². The first kappa shape index (κ1) is 18.2. The molecule has 1 saturated carbocycles. The van der Waals surface area contributed by atoms with Gasteiger partial charge in [0.25, 0.3) is 0 Å². The van der Waals surface area contributed by atoms with Crippen LogP contribution in [0.15, 0.2) is 6.07 Å². The quantitative estimate of drug-likeness (QED) is 0.884. The molecule has 1 aromatic rings. The molecule has 4 rings (SSSR count). The van der Waals surface area contributed by atoms with Crippen LogP contribution in [0.5, 0.6) is 0 Å². The molecule has 1 amide bonds. The third kappa shape index (κ3) is 3.41. The van der Waals surface area contributed by atoms with E-state index in [-0.39, 0.29) is 5.91 Å². The van der Waals surface area contributed by atoms with Crippen molar-refractivity contribution in [3.63, 3.8) is 0 Å². The Hall–Kier alpha value is -2.13. The number of likely N-dealkylation sites (tertiary alicyclic amines) is 1. The van der Waals surface area contributed by atoms with Crippen LogP contribution < -0.4 is 4.90 Å². The summed E-state index contributed by atoms with van der Waals surface area (Å²) in [5.41, 5.74) is 2.03. The van der Waals surface area contributed by atoms with Gasteiger partial charge in [-0.05, 0) is 63.5 Å². The molecule has 27 heavy (non-hydrogen) atoms. The molecule has 6 heteroatoms. The number of carbonyl (C=O) groups is 1. The smallest absolute Gasteiger partial charge is 0.229 e. The van der Waals surface area contributed by atoms with Gasteiger partial charge in [0, 0.05) is 31.9 Å². The summed E-state index contributed by atoms with van der Waals surface area (Å²) >= 11 is 0. The lowest BCUT2D eigenvalue weighted by atomic mass is 9.70. The molecule has 1 aromatic heterocycles. The number of amides is 1. The second-order valence-electron chi connectivity index (χ2n) is 8.67. The summed E-state index contributed by atoms with van der Waals surface area (Å²) in [6, 6.07) is 4.23. The summed E-state index contributed by atoms with van der Waals surface area (Å²) in [6.45, 7) is 6.57. The lowest BCUT2D eigenvalue weighted by molar-refractivity contribution is -0.154. The van der Waals surface area contributed by atoms with E-state index in [2.05, 4.69) is 16.0 Å². The number of piperidine rings is 2. The van der Waals surface area contributed by atoms with Crippen LogP contribution in [0.25, 0.3) is 0 Å². The van der Waals surface area contributed by atoms with Gasteiger partial charge in [-0.15, -0.1) is 0 Å². The Morgan fingerprint density at radius 2 is 2.04 bits per heavy atom. The number of nitriles is 1. The molecular weight excluding hydrogens is 340 g/mol. The van der Waals surface area contributed by atoms with Crippen molar-refractivity contribution in [1.82, 2.24) is 9.88 Å². The summed E-state index contributed by atoms with van der Waals surface area (Å²) in [7, 11) is 0. The lowest BCUT2D eigenvalue weighted by Gasteiger charge is -2.48. The van der Waals surface area contributed by atoms with Gasteiger partial charge in [0.1, 0.15) is 11.9 Å². The van der Waals surface area contributed by atoms with Crippen molar-refractivity contribution in [2.45, 2.75) is 52.1 Å². The first-order chi connectivity index (χ1) is 12.9. The van der Waals surface area contributed by atoms with Crippen LogP contribution in [0.4, 0.5) is 5.82 Å². The highest BCUT2D eigenvalue weighted by Gasteiger charge is 2.49. The van der Waals surface area contributed by atoms with Gasteiger partial charge in [0.05, 0.1) is 17.1 Å². The number of nitrogens with zero attached hydrogens (tertiary/aromatic N) is 4. The molecule has 1 atom stereocenters. The number of anilines is 1. The Kier molecular flexibility index (Phi) is 4.59. The fourth-order valence-electron chi connectivity index (χ4n) is 4.79. The molecule has 1 aliphatic carbocycles. The van der Waals surface area contributed by atoms with E-state index >= 15 is 0 Å². The normalized spacial score (nSPS) is 25.0. The van der Waals surface area contributed by atoms with Crippen LogP contribution in [0.1, 0.15) is 48.9 Å². The average Bonchev–Trinajstić information content (AvgIpc) is 3.43. The van der Waals surface area contributed by atoms with Gasteiger partial charge >= 0.3 is 0 Å². The summed E-state index contributed by atoms with van der Waals surface area (Å²) in [5, 5.41) is 20.0. The number of aryl methyl sites for hydroxylation is 2. The van der Waals surface area contributed by atoms with Gasteiger partial charge in [0.15, 0.2) is 0 Å². The zero-order valence-electron chi connectivity index (χ0n) is 16.2. The molecule has 3 aliphatic rings. The molecule has 144 valence electrons. The monoisotopic (exact) mass is 368 g/mol. The summed E-state index contributed by atoms with van der Waals surface area (Å²) < 4.78 is 0. The first-order valence-electron chi connectivity index (χ1n) is 10.0. The van der Waals surface area contributed by atoms with Crippen LogP contribution in [-0.2, 0) is 4.79 Å². The highest BCUT2D eigenvalue weighted by Crippen LogP contribution is 2.43. The van der Waals surface area contributed by atoms with Gasteiger partial charge in [-0.1, -0.05) is 0 Å². The molecule has 2 aliphatic heterocycles. The molecule has 1 spiro atoms. The summed E-state index contributed by atoms with van der Waals surface area (Å²) in [5.74, 6) is 1.60. The second-order valence-corrected chi connectivity index (χ2v) is 8.67. The van der Waals surface area contributed by atoms with Gasteiger partial charge in [-0.25, -0.2) is 4.98 Å². The van der Waals surface area contributed by atoms with Crippen LogP contribution in [0.3, 0.4) is 0 Å². The number of pyridine rings is 1. The number of rotatable bonds is 3. The fourth-order valence-corrected chi connectivity index (χ4v) is 4.79. The number of aromatic nitrogens is 1. The Labute approximate surface area is 160 Å². The molecular formula is C21H28N4O2. The van der Waals surface area contributed by atoms with Crippen LogP contribution >= 0.6 is 0 Å². The molecule has 0 aromatic carbocycles. The molecule has 0 bridgehead atoms. The van der Waals surface area contributed by atoms with Gasteiger partial charge in [0.2, 0.25) is 5.91 Å². The van der Waals surface area contributed by atoms with E-state index in [1.807, 2.05) is 24.8 Å². The maximum atomic E-state index is 13.2. The minimum atomic E-state index is -0.450. The third-order valence-electron chi connectivity index (χ3n) is 6.43. The number of hydrogen-bond donors (Lipinski definition) is 1. The minimum absolute atomic E-state index is 0.230. The maximum absolute atomic E-state index is 13.2. The van der Waals surface area contributed by atoms with Crippen molar-refractivity contribution < 1.29 is 9.90 Å². The highest BCUT2D eigenvalue weighted by molar-refractivity contribution is 5.84. The molecule has 2 saturated heterocycles. The average molecular weight is 368 g/mol. The van der Waals surface area contributed by atoms with Crippen LogP contribution in [0, 0.1) is 36.5 Å². The van der Waals surface area contributed by atoms with Gasteiger partial charge < -0.3 is 14.9 Å². The number of aliphatic hydroxyl groups excluding tert-OH is 1. The summed E-state index contributed by atoms with van der Waals surface area (Å²) in [6.07, 6.45) is 3.97. The van der Waals surface area contributed by atoms with E-state index in [0.717, 1.165) is 23.6 Å².